The molecule has 0 bridgehead atoms. The first-order chi connectivity index (χ1) is 9.76. The van der Waals surface area contributed by atoms with Gasteiger partial charge in [-0.15, -0.1) is 11.8 Å². The van der Waals surface area contributed by atoms with Gasteiger partial charge in [0.1, 0.15) is 5.82 Å². The average Bonchev–Trinajstić information content (AvgIpc) is 2.89. The molecule has 0 saturated carbocycles. The quantitative estimate of drug-likeness (QED) is 0.710. The second kappa shape index (κ2) is 5.69. The van der Waals surface area contributed by atoms with Gasteiger partial charge < -0.3 is 10.7 Å². The number of benzene rings is 2. The van der Waals surface area contributed by atoms with Crippen LogP contribution in [0.2, 0.25) is 0 Å². The molecule has 3 rings (SSSR count). The van der Waals surface area contributed by atoms with Crippen LogP contribution in [-0.4, -0.2) is 4.98 Å². The van der Waals surface area contributed by atoms with Gasteiger partial charge in [0.05, 0.1) is 5.03 Å². The maximum Gasteiger partial charge on any atom is 0.127 e. The molecule has 2 nitrogen and oxygen atoms in total. The number of thioether (sulfide) groups is 1. The van der Waals surface area contributed by atoms with Crippen LogP contribution < -0.4 is 5.73 Å². The van der Waals surface area contributed by atoms with Crippen molar-refractivity contribution in [2.75, 3.05) is 0 Å². The van der Waals surface area contributed by atoms with E-state index in [0.29, 0.717) is 17.9 Å². The minimum Gasteiger partial charge on any atom is -0.350 e. The number of nitrogens with one attached hydrogen (secondary N) is 1. The predicted molar refractivity (Wildman–Crippen MR) is 82.2 cm³/mol. The van der Waals surface area contributed by atoms with E-state index in [4.69, 9.17) is 5.73 Å². The van der Waals surface area contributed by atoms with Crippen molar-refractivity contribution in [2.45, 2.75) is 17.3 Å². The number of aromatic nitrogens is 1. The smallest absolute Gasteiger partial charge is 0.127 e. The van der Waals surface area contributed by atoms with Crippen molar-refractivity contribution >= 4 is 22.7 Å². The van der Waals surface area contributed by atoms with Gasteiger partial charge >= 0.3 is 0 Å². The number of halogens is 1. The number of hydrogen-bond acceptors (Lipinski definition) is 2. The van der Waals surface area contributed by atoms with Crippen molar-refractivity contribution in [3.05, 3.63) is 65.5 Å². The van der Waals surface area contributed by atoms with Gasteiger partial charge in [0.2, 0.25) is 0 Å². The first-order valence-corrected chi connectivity index (χ1v) is 7.43. The first kappa shape index (κ1) is 13.2. The molecule has 0 saturated heterocycles. The van der Waals surface area contributed by atoms with E-state index in [0.717, 1.165) is 16.1 Å². The fourth-order valence-electron chi connectivity index (χ4n) is 2.15. The Balaban J connectivity index is 1.79. The summed E-state index contributed by atoms with van der Waals surface area (Å²) in [7, 11) is 0. The molecule has 0 aliphatic carbocycles. The monoisotopic (exact) mass is 286 g/mol. The molecule has 0 amide bonds. The average molecular weight is 286 g/mol. The highest BCUT2D eigenvalue weighted by Gasteiger charge is 2.06. The van der Waals surface area contributed by atoms with E-state index < -0.39 is 0 Å². The van der Waals surface area contributed by atoms with Crippen molar-refractivity contribution in [1.82, 2.24) is 4.98 Å². The van der Waals surface area contributed by atoms with Crippen LogP contribution in [0.5, 0.6) is 0 Å². The molecule has 0 unspecified atom stereocenters. The minimum absolute atomic E-state index is 0.175. The lowest BCUT2D eigenvalue weighted by molar-refractivity contribution is 0.616. The van der Waals surface area contributed by atoms with Crippen molar-refractivity contribution in [2.24, 2.45) is 5.73 Å². The number of H-pyrrole nitrogens is 1. The summed E-state index contributed by atoms with van der Waals surface area (Å²) in [6.07, 6.45) is 0. The molecule has 0 spiro atoms. The molecule has 0 fully saturated rings. The zero-order chi connectivity index (χ0) is 13.9. The molecule has 0 aliphatic heterocycles. The number of aromatic amines is 1. The van der Waals surface area contributed by atoms with Gasteiger partial charge in [-0.25, -0.2) is 4.39 Å². The summed E-state index contributed by atoms with van der Waals surface area (Å²) in [6, 6.07) is 15.2. The van der Waals surface area contributed by atoms with E-state index in [1.54, 1.807) is 17.8 Å². The molecule has 1 aromatic heterocycles. The Labute approximate surface area is 121 Å². The van der Waals surface area contributed by atoms with Crippen LogP contribution in [0.15, 0.2) is 53.6 Å². The number of fused-ring (bicyclic) bond motifs is 1. The highest BCUT2D eigenvalue weighted by atomic mass is 32.2. The van der Waals surface area contributed by atoms with Crippen molar-refractivity contribution < 1.29 is 4.39 Å². The third kappa shape index (κ3) is 2.71. The van der Waals surface area contributed by atoms with Crippen molar-refractivity contribution in [1.29, 1.82) is 0 Å². The van der Waals surface area contributed by atoms with Crippen LogP contribution in [0.3, 0.4) is 0 Å². The molecule has 20 heavy (non-hydrogen) atoms. The van der Waals surface area contributed by atoms with Crippen molar-refractivity contribution in [3.8, 4) is 0 Å². The SMILES string of the molecule is NCc1ccc(F)c(CSc2cc3ccccc3[nH]2)c1. The van der Waals surface area contributed by atoms with E-state index >= 15 is 0 Å². The molecular weight excluding hydrogens is 271 g/mol. The lowest BCUT2D eigenvalue weighted by Gasteiger charge is -2.04. The van der Waals surface area contributed by atoms with Crippen LogP contribution in [0.1, 0.15) is 11.1 Å². The Morgan fingerprint density at radius 2 is 1.95 bits per heavy atom. The second-order valence-electron chi connectivity index (χ2n) is 4.64. The molecule has 1 heterocycles. The van der Waals surface area contributed by atoms with Gasteiger partial charge in [0.25, 0.3) is 0 Å². The van der Waals surface area contributed by atoms with E-state index in [9.17, 15) is 4.39 Å². The van der Waals surface area contributed by atoms with Crippen LogP contribution in [-0.2, 0) is 12.3 Å². The summed E-state index contributed by atoms with van der Waals surface area (Å²) in [5.41, 5.74) is 8.34. The second-order valence-corrected chi connectivity index (χ2v) is 5.66. The Morgan fingerprint density at radius 3 is 2.75 bits per heavy atom. The van der Waals surface area contributed by atoms with E-state index in [2.05, 4.69) is 17.1 Å². The fraction of sp³-hybridized carbons (Fsp3) is 0.125. The van der Waals surface area contributed by atoms with E-state index in [-0.39, 0.29) is 5.82 Å². The van der Waals surface area contributed by atoms with Crippen molar-refractivity contribution in [3.63, 3.8) is 0 Å². The molecular formula is C16H15FN2S. The van der Waals surface area contributed by atoms with E-state index in [1.807, 2.05) is 24.3 Å². The molecule has 0 radical (unpaired) electrons. The Hall–Kier alpha value is -1.78. The largest absolute Gasteiger partial charge is 0.350 e. The lowest BCUT2D eigenvalue weighted by atomic mass is 10.1. The topological polar surface area (TPSA) is 41.8 Å². The van der Waals surface area contributed by atoms with Gasteiger partial charge in [-0.1, -0.05) is 30.3 Å². The van der Waals surface area contributed by atoms with E-state index in [1.165, 1.54) is 11.5 Å². The maximum absolute atomic E-state index is 13.7. The van der Waals surface area contributed by atoms with Crippen LogP contribution >= 0.6 is 11.8 Å². The molecule has 3 N–H and O–H groups in total. The number of para-hydroxylation sites is 1. The zero-order valence-electron chi connectivity index (χ0n) is 10.9. The summed E-state index contributed by atoms with van der Waals surface area (Å²) in [5, 5.41) is 2.22. The highest BCUT2D eigenvalue weighted by Crippen LogP contribution is 2.27. The van der Waals surface area contributed by atoms with Crippen LogP contribution in [0, 0.1) is 5.82 Å². The summed E-state index contributed by atoms with van der Waals surface area (Å²) >= 11 is 1.60. The fourth-order valence-corrected chi connectivity index (χ4v) is 3.07. The summed E-state index contributed by atoms with van der Waals surface area (Å²) in [5.74, 6) is 0.415. The summed E-state index contributed by atoms with van der Waals surface area (Å²) in [6.45, 7) is 0.435. The molecule has 3 aromatic rings. The zero-order valence-corrected chi connectivity index (χ0v) is 11.7. The van der Waals surface area contributed by atoms with Gasteiger partial charge in [0.15, 0.2) is 0 Å². The molecule has 0 atom stereocenters. The molecule has 2 aromatic carbocycles. The highest BCUT2D eigenvalue weighted by molar-refractivity contribution is 7.98. The third-order valence-corrected chi connectivity index (χ3v) is 4.22. The molecule has 102 valence electrons. The number of rotatable bonds is 4. The predicted octanol–water partition coefficient (Wildman–Crippen LogP) is 4.06. The van der Waals surface area contributed by atoms with Gasteiger partial charge in [0, 0.05) is 23.2 Å². The number of nitrogens with two attached hydrogens (primary N) is 1. The lowest BCUT2D eigenvalue weighted by Crippen LogP contribution is -1.98. The molecule has 0 aliphatic rings. The van der Waals surface area contributed by atoms with Gasteiger partial charge in [-0.2, -0.15) is 0 Å². The third-order valence-electron chi connectivity index (χ3n) is 3.23. The standard InChI is InChI=1S/C16H15FN2S/c17-14-6-5-11(9-18)7-13(14)10-20-16-8-12-3-1-2-4-15(12)19-16/h1-8,19H,9-10,18H2. The van der Waals surface area contributed by atoms with Gasteiger partial charge in [-0.3, -0.25) is 0 Å². The minimum atomic E-state index is -0.175. The van der Waals surface area contributed by atoms with Crippen LogP contribution in [0.25, 0.3) is 10.9 Å². The Bertz CT molecular complexity index is 703. The first-order valence-electron chi connectivity index (χ1n) is 6.44. The summed E-state index contributed by atoms with van der Waals surface area (Å²) in [4.78, 5) is 3.33. The normalized spacial score (nSPS) is 11.1. The van der Waals surface area contributed by atoms with Crippen LogP contribution in [0.4, 0.5) is 4.39 Å². The number of hydrogen-bond donors (Lipinski definition) is 2. The molecule has 4 heteroatoms. The van der Waals surface area contributed by atoms with Gasteiger partial charge in [-0.05, 0) is 29.3 Å². The maximum atomic E-state index is 13.7. The summed E-state index contributed by atoms with van der Waals surface area (Å²) < 4.78 is 13.7. The Morgan fingerprint density at radius 1 is 1.10 bits per heavy atom. The Kier molecular flexibility index (Phi) is 3.76.